The van der Waals surface area contributed by atoms with E-state index in [0.717, 1.165) is 12.8 Å². The normalized spacial score (nSPS) is 12.1. The second-order valence-electron chi connectivity index (χ2n) is 3.82. The molecule has 1 aromatic heterocycles. The maximum absolute atomic E-state index is 11.5. The molecule has 1 amide bonds. The number of hydrogen-bond donors (Lipinski definition) is 3. The first kappa shape index (κ1) is 12.4. The summed E-state index contributed by atoms with van der Waals surface area (Å²) in [6, 6.07) is 3.00. The van der Waals surface area contributed by atoms with Gasteiger partial charge in [0.25, 0.3) is 5.91 Å². The minimum atomic E-state index is -0.275. The number of aromatic nitrogens is 1. The van der Waals surface area contributed by atoms with Gasteiger partial charge in [-0.3, -0.25) is 9.59 Å². The lowest BCUT2D eigenvalue weighted by Crippen LogP contribution is -2.27. The van der Waals surface area contributed by atoms with Crippen LogP contribution in [0.4, 0.5) is 0 Å². The van der Waals surface area contributed by atoms with Crippen molar-refractivity contribution in [1.82, 2.24) is 10.3 Å². The van der Waals surface area contributed by atoms with Crippen LogP contribution in [-0.4, -0.2) is 23.5 Å². The van der Waals surface area contributed by atoms with Crippen molar-refractivity contribution in [1.29, 1.82) is 0 Å². The highest BCUT2D eigenvalue weighted by molar-refractivity contribution is 5.93. The molecule has 0 saturated heterocycles. The van der Waals surface area contributed by atoms with Crippen molar-refractivity contribution in [2.45, 2.75) is 25.8 Å². The minimum Gasteiger partial charge on any atom is -0.352 e. The first-order chi connectivity index (χ1) is 7.59. The third kappa shape index (κ3) is 4.27. The Labute approximate surface area is 94.1 Å². The summed E-state index contributed by atoms with van der Waals surface area (Å²) in [5, 5.41) is 2.73. The molecule has 16 heavy (non-hydrogen) atoms. The molecule has 1 heterocycles. The van der Waals surface area contributed by atoms with Gasteiger partial charge in [-0.2, -0.15) is 0 Å². The lowest BCUT2D eigenvalue weighted by Gasteiger charge is -2.06. The van der Waals surface area contributed by atoms with Gasteiger partial charge in [-0.1, -0.05) is 0 Å². The van der Waals surface area contributed by atoms with Crippen LogP contribution in [-0.2, 0) is 0 Å². The molecule has 1 unspecified atom stereocenters. The Morgan fingerprint density at radius 3 is 3.00 bits per heavy atom. The Morgan fingerprint density at radius 1 is 1.62 bits per heavy atom. The summed E-state index contributed by atoms with van der Waals surface area (Å²) in [5.41, 5.74) is 5.69. The summed E-state index contributed by atoms with van der Waals surface area (Å²) >= 11 is 0. The molecule has 88 valence electrons. The van der Waals surface area contributed by atoms with E-state index in [9.17, 15) is 9.59 Å². The fourth-order valence-electron chi connectivity index (χ4n) is 1.31. The summed E-state index contributed by atoms with van der Waals surface area (Å²) in [5.74, 6) is -0.226. The predicted molar refractivity (Wildman–Crippen MR) is 62.3 cm³/mol. The molecule has 1 rings (SSSR count). The number of nitrogens with one attached hydrogen (secondary N) is 2. The van der Waals surface area contributed by atoms with E-state index in [1.165, 1.54) is 12.3 Å². The molecule has 1 aromatic rings. The van der Waals surface area contributed by atoms with Crippen LogP contribution in [0.25, 0.3) is 0 Å². The predicted octanol–water partition coefficient (Wildman–Crippen LogP) is 0.232. The van der Waals surface area contributed by atoms with Crippen molar-refractivity contribution in [2.75, 3.05) is 6.54 Å². The zero-order valence-corrected chi connectivity index (χ0v) is 9.32. The summed E-state index contributed by atoms with van der Waals surface area (Å²) in [6.45, 7) is 2.51. The SMILES string of the molecule is CC(N)CCCNC(=O)c1cc[nH]c(=O)c1. The Kier molecular flexibility index (Phi) is 4.72. The Hall–Kier alpha value is -1.62. The topological polar surface area (TPSA) is 88.0 Å². The number of amides is 1. The van der Waals surface area contributed by atoms with Crippen LogP contribution in [0.3, 0.4) is 0 Å². The van der Waals surface area contributed by atoms with Gasteiger partial charge in [0.15, 0.2) is 0 Å². The van der Waals surface area contributed by atoms with E-state index in [-0.39, 0.29) is 17.5 Å². The molecule has 0 aliphatic rings. The van der Waals surface area contributed by atoms with Gasteiger partial charge in [0.05, 0.1) is 0 Å². The van der Waals surface area contributed by atoms with E-state index < -0.39 is 0 Å². The highest BCUT2D eigenvalue weighted by Gasteiger charge is 2.04. The Balaban J connectivity index is 2.38. The molecule has 0 spiro atoms. The summed E-state index contributed by atoms with van der Waals surface area (Å²) < 4.78 is 0. The molecule has 5 nitrogen and oxygen atoms in total. The first-order valence-electron chi connectivity index (χ1n) is 5.32. The van der Waals surface area contributed by atoms with Crippen LogP contribution in [0.1, 0.15) is 30.1 Å². The second kappa shape index (κ2) is 6.07. The lowest BCUT2D eigenvalue weighted by molar-refractivity contribution is 0.0952. The van der Waals surface area contributed by atoms with E-state index in [0.29, 0.717) is 12.1 Å². The lowest BCUT2D eigenvalue weighted by atomic mass is 10.2. The highest BCUT2D eigenvalue weighted by Crippen LogP contribution is 1.95. The molecule has 4 N–H and O–H groups in total. The van der Waals surface area contributed by atoms with Crippen LogP contribution in [0.2, 0.25) is 0 Å². The van der Waals surface area contributed by atoms with Crippen LogP contribution < -0.4 is 16.6 Å². The van der Waals surface area contributed by atoms with Gasteiger partial charge in [-0.25, -0.2) is 0 Å². The number of pyridine rings is 1. The van der Waals surface area contributed by atoms with Crippen molar-refractivity contribution in [3.63, 3.8) is 0 Å². The number of carbonyl (C=O) groups excluding carboxylic acids is 1. The average molecular weight is 223 g/mol. The molecule has 5 heteroatoms. The maximum atomic E-state index is 11.5. The highest BCUT2D eigenvalue weighted by atomic mass is 16.2. The van der Waals surface area contributed by atoms with Crippen LogP contribution in [0, 0.1) is 0 Å². The summed E-state index contributed by atoms with van der Waals surface area (Å²) in [7, 11) is 0. The molecule has 1 atom stereocenters. The molecule has 0 aliphatic carbocycles. The second-order valence-corrected chi connectivity index (χ2v) is 3.82. The smallest absolute Gasteiger partial charge is 0.251 e. The summed E-state index contributed by atoms with van der Waals surface area (Å²) in [6.07, 6.45) is 3.17. The fourth-order valence-corrected chi connectivity index (χ4v) is 1.31. The molecule has 0 fully saturated rings. The minimum absolute atomic E-state index is 0.150. The molecule has 0 bridgehead atoms. The standard InChI is InChI=1S/C11H17N3O2/c1-8(12)3-2-5-14-11(16)9-4-6-13-10(15)7-9/h4,6-8H,2-3,5,12H2,1H3,(H,13,15)(H,14,16). The Morgan fingerprint density at radius 2 is 2.38 bits per heavy atom. The van der Waals surface area contributed by atoms with E-state index in [4.69, 9.17) is 5.73 Å². The first-order valence-corrected chi connectivity index (χ1v) is 5.32. The van der Waals surface area contributed by atoms with E-state index >= 15 is 0 Å². The van der Waals surface area contributed by atoms with Crippen molar-refractivity contribution >= 4 is 5.91 Å². The molecule has 0 aliphatic heterocycles. The zero-order chi connectivity index (χ0) is 12.0. The van der Waals surface area contributed by atoms with Gasteiger partial charge in [0, 0.05) is 30.4 Å². The van der Waals surface area contributed by atoms with Crippen molar-refractivity contribution in [2.24, 2.45) is 5.73 Å². The number of hydrogen-bond acceptors (Lipinski definition) is 3. The molecule has 0 radical (unpaired) electrons. The maximum Gasteiger partial charge on any atom is 0.251 e. The van der Waals surface area contributed by atoms with Crippen molar-refractivity contribution in [3.05, 3.63) is 34.2 Å². The monoisotopic (exact) mass is 223 g/mol. The Bertz CT molecular complexity index is 398. The quantitative estimate of drug-likeness (QED) is 0.624. The number of H-pyrrole nitrogens is 1. The van der Waals surface area contributed by atoms with Crippen molar-refractivity contribution < 1.29 is 4.79 Å². The zero-order valence-electron chi connectivity index (χ0n) is 9.32. The van der Waals surface area contributed by atoms with E-state index in [1.807, 2.05) is 6.92 Å². The third-order valence-electron chi connectivity index (χ3n) is 2.16. The number of carbonyl (C=O) groups is 1. The molecular formula is C11H17N3O2. The number of nitrogens with two attached hydrogens (primary N) is 1. The van der Waals surface area contributed by atoms with Gasteiger partial charge in [0.2, 0.25) is 5.56 Å². The number of aromatic amines is 1. The van der Waals surface area contributed by atoms with E-state index in [2.05, 4.69) is 10.3 Å². The van der Waals surface area contributed by atoms with Gasteiger partial charge in [-0.15, -0.1) is 0 Å². The van der Waals surface area contributed by atoms with Gasteiger partial charge >= 0.3 is 0 Å². The van der Waals surface area contributed by atoms with Gasteiger partial charge in [-0.05, 0) is 25.8 Å². The van der Waals surface area contributed by atoms with Gasteiger partial charge in [0.1, 0.15) is 0 Å². The fraction of sp³-hybridized carbons (Fsp3) is 0.455. The average Bonchev–Trinajstić information content (AvgIpc) is 2.24. The molecule has 0 aromatic carbocycles. The largest absolute Gasteiger partial charge is 0.352 e. The van der Waals surface area contributed by atoms with Crippen molar-refractivity contribution in [3.8, 4) is 0 Å². The number of rotatable bonds is 5. The van der Waals surface area contributed by atoms with E-state index in [1.54, 1.807) is 6.07 Å². The third-order valence-corrected chi connectivity index (χ3v) is 2.16. The van der Waals surface area contributed by atoms with Gasteiger partial charge < -0.3 is 16.0 Å². The van der Waals surface area contributed by atoms with Crippen LogP contribution in [0.5, 0.6) is 0 Å². The molecule has 0 saturated carbocycles. The van der Waals surface area contributed by atoms with Crippen LogP contribution in [0.15, 0.2) is 23.1 Å². The van der Waals surface area contributed by atoms with Crippen LogP contribution >= 0.6 is 0 Å². The molecular weight excluding hydrogens is 206 g/mol. The summed E-state index contributed by atoms with van der Waals surface area (Å²) in [4.78, 5) is 25.0.